The molecule has 0 unspecified atom stereocenters. The SMILES string of the molecule is CC(=O)OCc1cc(Cl)cc(OC[C@H]2[C@@H](C/C=C\CCCC(=O)O)[C@H](Cl)C[C@H]2O)c1. The zero-order chi connectivity index (χ0) is 22.1. The van der Waals surface area contributed by atoms with Crippen LogP contribution in [0.4, 0.5) is 0 Å². The zero-order valence-corrected chi connectivity index (χ0v) is 18.4. The van der Waals surface area contributed by atoms with Gasteiger partial charge in [-0.3, -0.25) is 9.59 Å². The lowest BCUT2D eigenvalue weighted by Crippen LogP contribution is -2.27. The van der Waals surface area contributed by atoms with Gasteiger partial charge in [0, 0.05) is 29.7 Å². The Labute approximate surface area is 186 Å². The molecule has 6 nitrogen and oxygen atoms in total. The number of ether oxygens (including phenoxy) is 2. The molecule has 0 bridgehead atoms. The van der Waals surface area contributed by atoms with Crippen molar-refractivity contribution >= 4 is 35.1 Å². The highest BCUT2D eigenvalue weighted by atomic mass is 35.5. The quantitative estimate of drug-likeness (QED) is 0.218. The van der Waals surface area contributed by atoms with Crippen molar-refractivity contribution in [3.8, 4) is 5.75 Å². The number of esters is 1. The Kier molecular flexibility index (Phi) is 9.95. The van der Waals surface area contributed by atoms with Crippen molar-refractivity contribution in [1.82, 2.24) is 0 Å². The Morgan fingerprint density at radius 3 is 2.70 bits per heavy atom. The van der Waals surface area contributed by atoms with Crippen molar-refractivity contribution in [2.75, 3.05) is 6.61 Å². The first-order chi connectivity index (χ1) is 14.3. The van der Waals surface area contributed by atoms with Crippen LogP contribution in [0.15, 0.2) is 30.4 Å². The minimum atomic E-state index is -0.794. The molecule has 0 radical (unpaired) electrons. The van der Waals surface area contributed by atoms with Gasteiger partial charge in [-0.25, -0.2) is 0 Å². The lowest BCUT2D eigenvalue weighted by molar-refractivity contribution is -0.142. The number of carboxylic acids is 1. The predicted molar refractivity (Wildman–Crippen MR) is 115 cm³/mol. The van der Waals surface area contributed by atoms with Crippen LogP contribution in [0.25, 0.3) is 0 Å². The summed E-state index contributed by atoms with van der Waals surface area (Å²) in [6, 6.07) is 5.13. The lowest BCUT2D eigenvalue weighted by atomic mass is 9.92. The second-order valence-corrected chi connectivity index (χ2v) is 8.52. The number of halogens is 2. The number of aliphatic hydroxyl groups excluding tert-OH is 1. The van der Waals surface area contributed by atoms with Crippen molar-refractivity contribution < 1.29 is 29.3 Å². The molecule has 1 aromatic rings. The maximum atomic E-state index is 11.0. The van der Waals surface area contributed by atoms with Gasteiger partial charge >= 0.3 is 11.9 Å². The van der Waals surface area contributed by atoms with E-state index in [-0.39, 0.29) is 42.8 Å². The molecule has 2 N–H and O–H groups in total. The number of carbonyl (C=O) groups is 2. The van der Waals surface area contributed by atoms with Crippen molar-refractivity contribution in [2.45, 2.75) is 57.1 Å². The third-order valence-electron chi connectivity index (χ3n) is 5.13. The van der Waals surface area contributed by atoms with Gasteiger partial charge in [-0.15, -0.1) is 11.6 Å². The Hall–Kier alpha value is -1.76. The molecule has 4 atom stereocenters. The molecule has 1 aromatic carbocycles. The smallest absolute Gasteiger partial charge is 0.303 e. The summed E-state index contributed by atoms with van der Waals surface area (Å²) in [4.78, 5) is 21.6. The van der Waals surface area contributed by atoms with Gasteiger partial charge in [0.2, 0.25) is 0 Å². The highest BCUT2D eigenvalue weighted by molar-refractivity contribution is 6.30. The number of hydrogen-bond donors (Lipinski definition) is 2. The number of hydrogen-bond acceptors (Lipinski definition) is 5. The first-order valence-electron chi connectivity index (χ1n) is 10.0. The van der Waals surface area contributed by atoms with E-state index in [1.807, 2.05) is 12.2 Å². The molecule has 0 aromatic heterocycles. The van der Waals surface area contributed by atoms with Gasteiger partial charge in [-0.05, 0) is 55.4 Å². The van der Waals surface area contributed by atoms with Gasteiger partial charge in [0.05, 0.1) is 12.7 Å². The largest absolute Gasteiger partial charge is 0.493 e. The van der Waals surface area contributed by atoms with Crippen LogP contribution in [-0.2, 0) is 20.9 Å². The molecule has 8 heteroatoms. The van der Waals surface area contributed by atoms with E-state index < -0.39 is 12.1 Å². The summed E-state index contributed by atoms with van der Waals surface area (Å²) in [5.74, 6) is -0.710. The molecule has 2 rings (SSSR count). The normalized spacial score (nSPS) is 23.6. The van der Waals surface area contributed by atoms with Crippen molar-refractivity contribution in [1.29, 1.82) is 0 Å². The first kappa shape index (κ1) is 24.5. The molecule has 0 heterocycles. The first-order valence-corrected chi connectivity index (χ1v) is 10.8. The van der Waals surface area contributed by atoms with Crippen LogP contribution in [0.1, 0.15) is 44.6 Å². The Bertz CT molecular complexity index is 751. The molecule has 166 valence electrons. The summed E-state index contributed by atoms with van der Waals surface area (Å²) in [6.07, 6.45) is 6.05. The second-order valence-electron chi connectivity index (χ2n) is 7.53. The van der Waals surface area contributed by atoms with E-state index in [1.54, 1.807) is 18.2 Å². The average Bonchev–Trinajstić information content (AvgIpc) is 2.93. The minimum Gasteiger partial charge on any atom is -0.493 e. The number of aliphatic carboxylic acids is 1. The molecule has 1 aliphatic rings. The van der Waals surface area contributed by atoms with E-state index in [0.717, 1.165) is 5.56 Å². The van der Waals surface area contributed by atoms with Gasteiger partial charge in [-0.1, -0.05) is 23.8 Å². The monoisotopic (exact) mass is 458 g/mol. The number of aliphatic hydroxyl groups is 1. The third-order valence-corrected chi connectivity index (χ3v) is 5.85. The van der Waals surface area contributed by atoms with Crippen LogP contribution < -0.4 is 4.74 Å². The molecular weight excluding hydrogens is 431 g/mol. The number of unbranched alkanes of at least 4 members (excludes halogenated alkanes) is 1. The minimum absolute atomic E-state index is 0.0529. The van der Waals surface area contributed by atoms with E-state index in [9.17, 15) is 14.7 Å². The number of alkyl halides is 1. The number of benzene rings is 1. The Balaban J connectivity index is 1.92. The number of rotatable bonds is 11. The fourth-order valence-electron chi connectivity index (χ4n) is 3.60. The molecule has 1 saturated carbocycles. The summed E-state index contributed by atoms with van der Waals surface area (Å²) in [6.45, 7) is 1.74. The molecule has 0 amide bonds. The number of allylic oxidation sites excluding steroid dienone is 2. The zero-order valence-electron chi connectivity index (χ0n) is 16.9. The van der Waals surface area contributed by atoms with Crippen LogP contribution in [0.2, 0.25) is 5.02 Å². The predicted octanol–water partition coefficient (Wildman–Crippen LogP) is 4.59. The highest BCUT2D eigenvalue weighted by Gasteiger charge is 2.41. The Morgan fingerprint density at radius 2 is 2.00 bits per heavy atom. The van der Waals surface area contributed by atoms with E-state index >= 15 is 0 Å². The number of carbonyl (C=O) groups excluding carboxylic acids is 1. The summed E-state index contributed by atoms with van der Waals surface area (Å²) in [5, 5.41) is 19.4. The third kappa shape index (κ3) is 8.17. The standard InChI is InChI=1S/C22H28Cl2O6/c1-14(25)29-12-15-8-16(23)10-17(9-15)30-13-19-18(20(24)11-21(19)26)6-4-2-3-5-7-22(27)28/h2,4,8-10,18-21,26H,3,5-7,11-13H2,1H3,(H,27,28)/b4-2-/t18-,19+,20-,21-/m1/s1. The molecule has 1 aliphatic carbocycles. The molecule has 0 saturated heterocycles. The number of carboxylic acid groups (broad SMARTS) is 1. The van der Waals surface area contributed by atoms with E-state index in [4.69, 9.17) is 37.8 Å². The fourth-order valence-corrected chi connectivity index (χ4v) is 4.32. The topological polar surface area (TPSA) is 93.1 Å². The van der Waals surface area contributed by atoms with Crippen molar-refractivity contribution in [2.24, 2.45) is 11.8 Å². The van der Waals surface area contributed by atoms with Crippen LogP contribution in [0.3, 0.4) is 0 Å². The molecule has 1 fully saturated rings. The summed E-state index contributed by atoms with van der Waals surface area (Å²) in [7, 11) is 0. The van der Waals surface area contributed by atoms with Crippen LogP contribution >= 0.6 is 23.2 Å². The van der Waals surface area contributed by atoms with Gasteiger partial charge in [0.25, 0.3) is 0 Å². The van der Waals surface area contributed by atoms with Crippen LogP contribution in [-0.4, -0.2) is 40.2 Å². The highest BCUT2D eigenvalue weighted by Crippen LogP contribution is 2.39. The summed E-state index contributed by atoms with van der Waals surface area (Å²) in [5.41, 5.74) is 0.718. The average molecular weight is 459 g/mol. The molecular formula is C22H28Cl2O6. The van der Waals surface area contributed by atoms with Gasteiger partial charge < -0.3 is 19.7 Å². The van der Waals surface area contributed by atoms with Crippen LogP contribution in [0.5, 0.6) is 5.75 Å². The van der Waals surface area contributed by atoms with Gasteiger partial charge in [0.1, 0.15) is 12.4 Å². The van der Waals surface area contributed by atoms with Gasteiger partial charge in [0.15, 0.2) is 0 Å². The molecule has 30 heavy (non-hydrogen) atoms. The maximum absolute atomic E-state index is 11.0. The van der Waals surface area contributed by atoms with Crippen molar-refractivity contribution in [3.63, 3.8) is 0 Å². The van der Waals surface area contributed by atoms with E-state index in [2.05, 4.69) is 0 Å². The van der Waals surface area contributed by atoms with E-state index in [0.29, 0.717) is 36.5 Å². The summed E-state index contributed by atoms with van der Waals surface area (Å²) >= 11 is 12.6. The lowest BCUT2D eigenvalue weighted by Gasteiger charge is -2.23. The summed E-state index contributed by atoms with van der Waals surface area (Å²) < 4.78 is 10.9. The van der Waals surface area contributed by atoms with Crippen LogP contribution in [0, 0.1) is 11.8 Å². The maximum Gasteiger partial charge on any atom is 0.303 e. The van der Waals surface area contributed by atoms with Crippen molar-refractivity contribution in [3.05, 3.63) is 40.9 Å². The molecule has 0 aliphatic heterocycles. The second kappa shape index (κ2) is 12.2. The fraction of sp³-hybridized carbons (Fsp3) is 0.545. The Morgan fingerprint density at radius 1 is 1.23 bits per heavy atom. The van der Waals surface area contributed by atoms with E-state index in [1.165, 1.54) is 6.92 Å². The van der Waals surface area contributed by atoms with Gasteiger partial charge in [-0.2, -0.15) is 0 Å². The molecule has 0 spiro atoms.